The number of hydrogen-bond acceptors (Lipinski definition) is 4. The number of aryl methyl sites for hydroxylation is 1. The molecule has 4 amide bonds. The number of ether oxygens (including phenoxy) is 1. The number of halogens is 1. The zero-order valence-electron chi connectivity index (χ0n) is 19.7. The van der Waals surface area contributed by atoms with E-state index in [1.165, 1.54) is 12.1 Å². The van der Waals surface area contributed by atoms with E-state index in [4.69, 9.17) is 16.3 Å². The number of carbonyl (C=O) groups is 3. The number of anilines is 1. The second-order valence-corrected chi connectivity index (χ2v) is 8.97. The van der Waals surface area contributed by atoms with Crippen LogP contribution in [0.4, 0.5) is 10.5 Å². The molecule has 1 N–H and O–H groups in total. The van der Waals surface area contributed by atoms with Crippen LogP contribution in [0.15, 0.2) is 66.4 Å². The predicted octanol–water partition coefficient (Wildman–Crippen LogP) is 5.32. The first-order chi connectivity index (χ1) is 16.8. The van der Waals surface area contributed by atoms with Crippen LogP contribution >= 0.6 is 11.6 Å². The van der Waals surface area contributed by atoms with Crippen LogP contribution in [-0.2, 0) is 16.1 Å². The summed E-state index contributed by atoms with van der Waals surface area (Å²) in [4.78, 5) is 39.1. The Kier molecular flexibility index (Phi) is 7.07. The summed E-state index contributed by atoms with van der Waals surface area (Å²) in [5.74, 6) is -0.289. The molecule has 1 aromatic heterocycles. The van der Waals surface area contributed by atoms with Gasteiger partial charge in [-0.15, -0.1) is 0 Å². The molecule has 1 aliphatic heterocycles. The van der Waals surface area contributed by atoms with Gasteiger partial charge in [-0.1, -0.05) is 49.7 Å². The van der Waals surface area contributed by atoms with Crippen LogP contribution in [0.3, 0.4) is 0 Å². The van der Waals surface area contributed by atoms with E-state index in [1.54, 1.807) is 18.2 Å². The average molecular weight is 492 g/mol. The van der Waals surface area contributed by atoms with Gasteiger partial charge >= 0.3 is 6.03 Å². The van der Waals surface area contributed by atoms with E-state index >= 15 is 0 Å². The smallest absolute Gasteiger partial charge is 0.335 e. The van der Waals surface area contributed by atoms with Crippen molar-refractivity contribution in [1.29, 1.82) is 0 Å². The summed E-state index contributed by atoms with van der Waals surface area (Å²) < 4.78 is 7.90. The van der Waals surface area contributed by atoms with E-state index in [9.17, 15) is 14.4 Å². The Morgan fingerprint density at radius 3 is 2.57 bits per heavy atom. The molecule has 35 heavy (non-hydrogen) atoms. The summed E-state index contributed by atoms with van der Waals surface area (Å²) in [5, 5.41) is 2.65. The number of benzene rings is 2. The van der Waals surface area contributed by atoms with Gasteiger partial charge in [-0.05, 0) is 60.4 Å². The number of hydrogen-bond donors (Lipinski definition) is 1. The molecule has 7 nitrogen and oxygen atoms in total. The van der Waals surface area contributed by atoms with Crippen molar-refractivity contribution in [2.45, 2.75) is 33.2 Å². The van der Waals surface area contributed by atoms with E-state index in [0.29, 0.717) is 29.8 Å². The summed E-state index contributed by atoms with van der Waals surface area (Å²) in [6.45, 7) is 6.95. The molecule has 2 heterocycles. The van der Waals surface area contributed by atoms with E-state index < -0.39 is 17.8 Å². The molecule has 180 valence electrons. The molecule has 0 aliphatic carbocycles. The Balaban J connectivity index is 1.54. The van der Waals surface area contributed by atoms with Crippen LogP contribution in [-0.4, -0.2) is 29.0 Å². The predicted molar refractivity (Wildman–Crippen MR) is 136 cm³/mol. The summed E-state index contributed by atoms with van der Waals surface area (Å²) in [7, 11) is 0. The van der Waals surface area contributed by atoms with Crippen molar-refractivity contribution < 1.29 is 19.1 Å². The first-order valence-corrected chi connectivity index (χ1v) is 11.7. The molecule has 8 heteroatoms. The van der Waals surface area contributed by atoms with Gasteiger partial charge in [-0.2, -0.15) is 0 Å². The number of barbiturate groups is 1. The fraction of sp³-hybridized carbons (Fsp3) is 0.222. The number of urea groups is 1. The maximum Gasteiger partial charge on any atom is 0.335 e. The first-order valence-electron chi connectivity index (χ1n) is 11.3. The van der Waals surface area contributed by atoms with Gasteiger partial charge in [0.2, 0.25) is 0 Å². The highest BCUT2D eigenvalue weighted by Crippen LogP contribution is 2.27. The molecule has 0 bridgehead atoms. The van der Waals surface area contributed by atoms with Gasteiger partial charge in [0.05, 0.1) is 12.2 Å². The van der Waals surface area contributed by atoms with Crippen LogP contribution in [0, 0.1) is 6.92 Å². The lowest BCUT2D eigenvalue weighted by Crippen LogP contribution is -2.54. The molecule has 4 rings (SSSR count). The van der Waals surface area contributed by atoms with Crippen molar-refractivity contribution >= 4 is 41.2 Å². The Hall–Kier alpha value is -3.84. The van der Waals surface area contributed by atoms with Crippen LogP contribution in [0.5, 0.6) is 5.75 Å². The van der Waals surface area contributed by atoms with Gasteiger partial charge in [-0.3, -0.25) is 14.9 Å². The molecule has 3 aromatic rings. The van der Waals surface area contributed by atoms with Crippen molar-refractivity contribution in [1.82, 2.24) is 9.88 Å². The average Bonchev–Trinajstić information content (AvgIpc) is 3.26. The highest BCUT2D eigenvalue weighted by Gasteiger charge is 2.37. The minimum absolute atomic E-state index is 0.146. The van der Waals surface area contributed by atoms with Gasteiger partial charge in [0.25, 0.3) is 11.8 Å². The molecule has 0 unspecified atom stereocenters. The van der Waals surface area contributed by atoms with Crippen LogP contribution in [0.2, 0.25) is 5.02 Å². The lowest BCUT2D eigenvalue weighted by atomic mass is 10.0. The summed E-state index contributed by atoms with van der Waals surface area (Å²) in [5.41, 5.74) is 2.72. The van der Waals surface area contributed by atoms with Crippen LogP contribution < -0.4 is 15.0 Å². The second kappa shape index (κ2) is 10.2. The van der Waals surface area contributed by atoms with E-state index in [0.717, 1.165) is 21.8 Å². The SMILES string of the molecule is Cc1ccc(N2C(=O)NC(=O)/C(=C/c3cccn3CCOc3ccccc3C(C)C)C2=O)cc1Cl. The lowest BCUT2D eigenvalue weighted by Gasteiger charge is -2.26. The Morgan fingerprint density at radius 2 is 1.83 bits per heavy atom. The number of imide groups is 2. The van der Waals surface area contributed by atoms with Crippen LogP contribution in [0.25, 0.3) is 6.08 Å². The molecule has 2 aromatic carbocycles. The summed E-state index contributed by atoms with van der Waals surface area (Å²) >= 11 is 6.18. The van der Waals surface area contributed by atoms with Gasteiger partial charge in [0.1, 0.15) is 17.9 Å². The van der Waals surface area contributed by atoms with E-state index in [1.807, 2.05) is 48.0 Å². The third-order valence-electron chi connectivity index (χ3n) is 5.80. The maximum absolute atomic E-state index is 13.2. The number of nitrogens with zero attached hydrogens (tertiary/aromatic N) is 2. The fourth-order valence-corrected chi connectivity index (χ4v) is 4.04. The molecule has 1 fully saturated rings. The number of amides is 4. The van der Waals surface area contributed by atoms with Gasteiger partial charge < -0.3 is 9.30 Å². The quantitative estimate of drug-likeness (QED) is 0.358. The summed E-state index contributed by atoms with van der Waals surface area (Å²) in [6.07, 6.45) is 3.33. The Morgan fingerprint density at radius 1 is 1.06 bits per heavy atom. The number of para-hydroxylation sites is 1. The monoisotopic (exact) mass is 491 g/mol. The lowest BCUT2D eigenvalue weighted by molar-refractivity contribution is -0.122. The zero-order valence-corrected chi connectivity index (χ0v) is 20.5. The third-order valence-corrected chi connectivity index (χ3v) is 6.21. The molecule has 0 radical (unpaired) electrons. The highest BCUT2D eigenvalue weighted by molar-refractivity contribution is 6.39. The minimum atomic E-state index is -0.815. The highest BCUT2D eigenvalue weighted by atomic mass is 35.5. The zero-order chi connectivity index (χ0) is 25.1. The van der Waals surface area contributed by atoms with Crippen molar-refractivity contribution in [3.63, 3.8) is 0 Å². The number of carbonyl (C=O) groups excluding carboxylic acids is 3. The van der Waals surface area contributed by atoms with Gasteiger partial charge in [-0.25, -0.2) is 9.69 Å². The molecule has 1 aliphatic rings. The van der Waals surface area contributed by atoms with E-state index in [2.05, 4.69) is 19.2 Å². The van der Waals surface area contributed by atoms with Crippen molar-refractivity contribution in [3.05, 3.63) is 88.2 Å². The normalized spacial score (nSPS) is 15.2. The Bertz CT molecular complexity index is 1330. The number of nitrogens with one attached hydrogen (secondary N) is 1. The summed E-state index contributed by atoms with van der Waals surface area (Å²) in [6, 6.07) is 15.6. The second-order valence-electron chi connectivity index (χ2n) is 8.56. The van der Waals surface area contributed by atoms with Crippen LogP contribution in [0.1, 0.15) is 36.6 Å². The maximum atomic E-state index is 13.2. The first kappa shape index (κ1) is 24.3. The molecule has 1 saturated heterocycles. The van der Waals surface area contributed by atoms with Crippen molar-refractivity contribution in [2.75, 3.05) is 11.5 Å². The molecule has 0 atom stereocenters. The van der Waals surface area contributed by atoms with Crippen molar-refractivity contribution in [3.8, 4) is 5.75 Å². The molecular weight excluding hydrogens is 466 g/mol. The van der Waals surface area contributed by atoms with E-state index in [-0.39, 0.29) is 11.3 Å². The fourth-order valence-electron chi connectivity index (χ4n) is 3.87. The topological polar surface area (TPSA) is 80.6 Å². The van der Waals surface area contributed by atoms with Crippen molar-refractivity contribution in [2.24, 2.45) is 0 Å². The number of aromatic nitrogens is 1. The Labute approximate surface area is 208 Å². The number of rotatable bonds is 7. The molecule has 0 spiro atoms. The molecule has 0 saturated carbocycles. The molecular formula is C27H26ClN3O4. The minimum Gasteiger partial charge on any atom is -0.491 e. The van der Waals surface area contributed by atoms with Gasteiger partial charge in [0, 0.05) is 16.9 Å². The third kappa shape index (κ3) is 5.15. The van der Waals surface area contributed by atoms with Gasteiger partial charge in [0.15, 0.2) is 0 Å². The largest absolute Gasteiger partial charge is 0.491 e. The standard InChI is InChI=1S/C27H26ClN3O4/c1-17(2)21-8-4-5-9-24(21)35-14-13-30-12-6-7-19(30)15-22-25(32)29-27(34)31(26(22)33)20-11-10-18(3)23(28)16-20/h4-12,15-17H,13-14H2,1-3H3,(H,29,32,34)/b22-15-.